The quantitative estimate of drug-likeness (QED) is 0.252. The Morgan fingerprint density at radius 1 is 1.18 bits per heavy atom. The van der Waals surface area contributed by atoms with E-state index >= 15 is 0 Å². The molecule has 2 aliphatic rings. The van der Waals surface area contributed by atoms with E-state index in [1.807, 2.05) is 0 Å². The van der Waals surface area contributed by atoms with Crippen molar-refractivity contribution >= 4 is 28.8 Å². The van der Waals surface area contributed by atoms with E-state index in [4.69, 9.17) is 15.2 Å². The molecule has 0 aliphatic carbocycles. The lowest BCUT2D eigenvalue weighted by atomic mass is 9.93. The van der Waals surface area contributed by atoms with E-state index in [1.54, 1.807) is 4.90 Å². The number of nitrogen functional groups attached to an aromatic ring is 1. The van der Waals surface area contributed by atoms with E-state index in [0.717, 1.165) is 0 Å². The first-order valence-corrected chi connectivity index (χ1v) is 12.1. The van der Waals surface area contributed by atoms with Crippen molar-refractivity contribution < 1.29 is 34.5 Å². The monoisotopic (exact) mass is 529 g/mol. The van der Waals surface area contributed by atoms with Crippen LogP contribution in [0.15, 0.2) is 30.6 Å². The van der Waals surface area contributed by atoms with Crippen molar-refractivity contribution in [1.82, 2.24) is 24.4 Å². The zero-order valence-electron chi connectivity index (χ0n) is 20.2. The number of imidazole rings is 1. The second-order valence-corrected chi connectivity index (χ2v) is 9.33. The van der Waals surface area contributed by atoms with Crippen LogP contribution in [0.1, 0.15) is 24.9 Å². The molecular formula is C23H27N7O8. The van der Waals surface area contributed by atoms with Crippen molar-refractivity contribution in [3.63, 3.8) is 0 Å². The molecule has 15 nitrogen and oxygen atoms in total. The Kier molecular flexibility index (Phi) is 7.07. The molecule has 2 fully saturated rings. The molecule has 4 atom stereocenters. The molecule has 5 rings (SSSR count). The SMILES string of the molecule is Nc1nc(CC2CCN(C(=O)Oc3ccc([N+](=O)[O-])cc3)CC2)nc2c1ncn2[C@@H]1O[C@H](CO)C(O)C1O. The van der Waals surface area contributed by atoms with Crippen molar-refractivity contribution in [1.29, 1.82) is 0 Å². The van der Waals surface area contributed by atoms with Gasteiger partial charge in [-0.05, 0) is 30.9 Å². The number of hydrogen-bond donors (Lipinski definition) is 4. The number of nitro groups is 1. The normalized spacial score (nSPS) is 24.1. The molecule has 0 radical (unpaired) electrons. The molecule has 2 aliphatic heterocycles. The molecule has 2 aromatic heterocycles. The largest absolute Gasteiger partial charge is 0.415 e. The lowest BCUT2D eigenvalue weighted by Gasteiger charge is -2.31. The summed E-state index contributed by atoms with van der Waals surface area (Å²) in [6.45, 7) is 0.452. The molecule has 0 spiro atoms. The van der Waals surface area contributed by atoms with Crippen molar-refractivity contribution in [2.45, 2.75) is 43.8 Å². The Labute approximate surface area is 215 Å². The van der Waals surface area contributed by atoms with Crippen LogP contribution in [0.5, 0.6) is 5.75 Å². The number of rotatable bonds is 6. The van der Waals surface area contributed by atoms with Gasteiger partial charge in [0.2, 0.25) is 0 Å². The maximum atomic E-state index is 12.5. The number of amides is 1. The lowest BCUT2D eigenvalue weighted by molar-refractivity contribution is -0.384. The Morgan fingerprint density at radius 3 is 2.53 bits per heavy atom. The van der Waals surface area contributed by atoms with Crippen LogP contribution in [0.25, 0.3) is 11.2 Å². The third-order valence-electron chi connectivity index (χ3n) is 6.88. The van der Waals surface area contributed by atoms with E-state index in [2.05, 4.69) is 15.0 Å². The molecule has 5 N–H and O–H groups in total. The minimum Gasteiger partial charge on any atom is -0.410 e. The number of nitrogens with zero attached hydrogens (tertiary/aromatic N) is 6. The summed E-state index contributed by atoms with van der Waals surface area (Å²) in [6, 6.07) is 5.31. The van der Waals surface area contributed by atoms with Crippen LogP contribution >= 0.6 is 0 Å². The summed E-state index contributed by atoms with van der Waals surface area (Å²) in [5, 5.41) is 40.7. The van der Waals surface area contributed by atoms with Crippen molar-refractivity contribution in [3.05, 3.63) is 46.5 Å². The Morgan fingerprint density at radius 2 is 1.89 bits per heavy atom. The Hall–Kier alpha value is -3.92. The highest BCUT2D eigenvalue weighted by Gasteiger charge is 2.44. The van der Waals surface area contributed by atoms with Gasteiger partial charge in [-0.3, -0.25) is 14.7 Å². The van der Waals surface area contributed by atoms with E-state index in [1.165, 1.54) is 35.2 Å². The van der Waals surface area contributed by atoms with Gasteiger partial charge in [-0.15, -0.1) is 0 Å². The van der Waals surface area contributed by atoms with Crippen LogP contribution in [0, 0.1) is 16.0 Å². The number of benzene rings is 1. The van der Waals surface area contributed by atoms with Gasteiger partial charge in [-0.2, -0.15) is 0 Å². The predicted octanol–water partition coefficient (Wildman–Crippen LogP) is 0.382. The molecule has 202 valence electrons. The molecule has 0 bridgehead atoms. The number of nitro benzene ring substituents is 1. The molecule has 2 unspecified atom stereocenters. The molecule has 3 aromatic rings. The zero-order valence-corrected chi connectivity index (χ0v) is 20.2. The molecule has 38 heavy (non-hydrogen) atoms. The number of hydrogen-bond acceptors (Lipinski definition) is 12. The number of aromatic nitrogens is 4. The van der Waals surface area contributed by atoms with Gasteiger partial charge >= 0.3 is 6.09 Å². The number of carbonyl (C=O) groups excluding carboxylic acids is 1. The van der Waals surface area contributed by atoms with Crippen LogP contribution in [0.3, 0.4) is 0 Å². The summed E-state index contributed by atoms with van der Waals surface area (Å²) in [5.74, 6) is 1.03. The highest BCUT2D eigenvalue weighted by Crippen LogP contribution is 2.32. The molecule has 4 heterocycles. The number of non-ortho nitro benzene ring substituents is 1. The number of fused-ring (bicyclic) bond motifs is 1. The van der Waals surface area contributed by atoms with Crippen LogP contribution < -0.4 is 10.5 Å². The highest BCUT2D eigenvalue weighted by atomic mass is 16.6. The summed E-state index contributed by atoms with van der Waals surface area (Å²) in [4.78, 5) is 37.5. The minimum absolute atomic E-state index is 0.0893. The molecular weight excluding hydrogens is 502 g/mol. The lowest BCUT2D eigenvalue weighted by Crippen LogP contribution is -2.40. The third-order valence-corrected chi connectivity index (χ3v) is 6.88. The molecule has 0 saturated carbocycles. The number of carbonyl (C=O) groups is 1. The van der Waals surface area contributed by atoms with E-state index in [0.29, 0.717) is 49.3 Å². The molecule has 1 aromatic carbocycles. The van der Waals surface area contributed by atoms with Gasteiger partial charge < -0.3 is 35.4 Å². The molecule has 2 saturated heterocycles. The third kappa shape index (κ3) is 4.96. The maximum Gasteiger partial charge on any atom is 0.415 e. The first kappa shape index (κ1) is 25.7. The number of aliphatic hydroxyl groups excluding tert-OH is 3. The fourth-order valence-corrected chi connectivity index (χ4v) is 4.75. The van der Waals surface area contributed by atoms with Crippen LogP contribution in [-0.4, -0.2) is 88.8 Å². The van der Waals surface area contributed by atoms with Crippen LogP contribution in [0.4, 0.5) is 16.3 Å². The first-order valence-electron chi connectivity index (χ1n) is 12.1. The van der Waals surface area contributed by atoms with Gasteiger partial charge in [0, 0.05) is 31.6 Å². The van der Waals surface area contributed by atoms with Gasteiger partial charge in [0.05, 0.1) is 17.9 Å². The topological polar surface area (TPSA) is 212 Å². The van der Waals surface area contributed by atoms with Gasteiger partial charge in [0.25, 0.3) is 5.69 Å². The summed E-state index contributed by atoms with van der Waals surface area (Å²) < 4.78 is 12.4. The maximum absolute atomic E-state index is 12.5. The Bertz CT molecular complexity index is 1330. The number of likely N-dealkylation sites (tertiary alicyclic amines) is 1. The fourth-order valence-electron chi connectivity index (χ4n) is 4.75. The second-order valence-electron chi connectivity index (χ2n) is 9.33. The minimum atomic E-state index is -1.29. The number of piperidine rings is 1. The van der Waals surface area contributed by atoms with Gasteiger partial charge in [0.15, 0.2) is 17.7 Å². The Balaban J connectivity index is 1.22. The standard InChI is InChI=1S/C23H27N7O8/c24-20-17-21(29(11-25-17)22-19(33)18(32)15(10-31)38-22)27-16(26-20)9-12-5-7-28(8-6-12)23(34)37-14-3-1-13(2-4-14)30(35)36/h1-4,11-12,15,18-19,22,31-33H,5-10H2,(H2,24,26,27)/t15-,18?,19?,22-/m1/s1. The summed E-state index contributed by atoms with van der Waals surface area (Å²) in [6.07, 6.45) is -1.79. The molecule has 1 amide bonds. The zero-order chi connectivity index (χ0) is 27.0. The number of ether oxygens (including phenoxy) is 2. The van der Waals surface area contributed by atoms with Crippen LogP contribution in [0.2, 0.25) is 0 Å². The summed E-state index contributed by atoms with van der Waals surface area (Å²) >= 11 is 0. The van der Waals surface area contributed by atoms with E-state index in [-0.39, 0.29) is 23.2 Å². The average molecular weight is 530 g/mol. The smallest absolute Gasteiger partial charge is 0.410 e. The summed E-state index contributed by atoms with van der Waals surface area (Å²) in [5.41, 5.74) is 6.70. The van der Waals surface area contributed by atoms with Crippen LogP contribution in [-0.2, 0) is 11.2 Å². The van der Waals surface area contributed by atoms with Gasteiger partial charge in [0.1, 0.15) is 35.4 Å². The fraction of sp³-hybridized carbons (Fsp3) is 0.478. The average Bonchev–Trinajstić information content (AvgIpc) is 3.45. The summed E-state index contributed by atoms with van der Waals surface area (Å²) in [7, 11) is 0. The van der Waals surface area contributed by atoms with Gasteiger partial charge in [-0.1, -0.05) is 0 Å². The second kappa shape index (κ2) is 10.4. The van der Waals surface area contributed by atoms with E-state index in [9.17, 15) is 30.2 Å². The first-order chi connectivity index (χ1) is 18.2. The van der Waals surface area contributed by atoms with Crippen molar-refractivity contribution in [2.24, 2.45) is 5.92 Å². The number of nitrogens with two attached hydrogens (primary N) is 1. The van der Waals surface area contributed by atoms with Gasteiger partial charge in [-0.25, -0.2) is 19.7 Å². The predicted molar refractivity (Wildman–Crippen MR) is 130 cm³/mol. The molecule has 15 heteroatoms. The van der Waals surface area contributed by atoms with Crippen molar-refractivity contribution in [3.8, 4) is 5.75 Å². The number of aliphatic hydroxyl groups is 3. The van der Waals surface area contributed by atoms with Crippen molar-refractivity contribution in [2.75, 3.05) is 25.4 Å². The highest BCUT2D eigenvalue weighted by molar-refractivity contribution is 5.81. The number of anilines is 1. The van der Waals surface area contributed by atoms with E-state index < -0.39 is 42.2 Å².